The molecule has 1 unspecified atom stereocenters. The van der Waals surface area contributed by atoms with Gasteiger partial charge in [0.1, 0.15) is 5.75 Å². The molecule has 0 amide bonds. The van der Waals surface area contributed by atoms with Gasteiger partial charge in [-0.3, -0.25) is 0 Å². The Bertz CT molecular complexity index is 551. The molecule has 2 aromatic rings. The van der Waals surface area contributed by atoms with Gasteiger partial charge in [-0.2, -0.15) is 0 Å². The first-order valence-corrected chi connectivity index (χ1v) is 8.31. The average molecular weight is 307 g/mol. The minimum Gasteiger partial charge on any atom is -0.491 e. The van der Waals surface area contributed by atoms with E-state index in [0.29, 0.717) is 0 Å². The SMILES string of the molecule is CSc1ccccc1C(Cl)c1ccc(OC(C)C)cc1. The lowest BCUT2D eigenvalue weighted by Gasteiger charge is -2.15. The molecule has 2 aromatic carbocycles. The first kappa shape index (κ1) is 15.3. The molecule has 20 heavy (non-hydrogen) atoms. The standard InChI is InChI=1S/C17H19ClOS/c1-12(2)19-14-10-8-13(9-11-14)17(18)15-6-4-5-7-16(15)20-3/h4-12,17H,1-3H3. The summed E-state index contributed by atoms with van der Waals surface area (Å²) in [4.78, 5) is 1.22. The second-order valence-corrected chi connectivity index (χ2v) is 6.12. The first-order chi connectivity index (χ1) is 9.61. The summed E-state index contributed by atoms with van der Waals surface area (Å²) in [5.41, 5.74) is 2.24. The molecule has 0 spiro atoms. The highest BCUT2D eigenvalue weighted by atomic mass is 35.5. The lowest BCUT2D eigenvalue weighted by atomic mass is 10.0. The van der Waals surface area contributed by atoms with Crippen molar-refractivity contribution in [3.8, 4) is 5.75 Å². The van der Waals surface area contributed by atoms with Crippen LogP contribution >= 0.6 is 23.4 Å². The zero-order valence-corrected chi connectivity index (χ0v) is 13.5. The molecular formula is C17H19ClOS. The van der Waals surface area contributed by atoms with E-state index in [0.717, 1.165) is 16.9 Å². The molecule has 0 saturated heterocycles. The molecule has 0 aliphatic heterocycles. The van der Waals surface area contributed by atoms with Gasteiger partial charge >= 0.3 is 0 Å². The van der Waals surface area contributed by atoms with Crippen molar-refractivity contribution in [2.75, 3.05) is 6.26 Å². The average Bonchev–Trinajstić information content (AvgIpc) is 2.46. The topological polar surface area (TPSA) is 9.23 Å². The molecule has 0 aliphatic rings. The molecule has 0 aliphatic carbocycles. The van der Waals surface area contributed by atoms with E-state index in [-0.39, 0.29) is 11.5 Å². The Morgan fingerprint density at radius 1 is 1.00 bits per heavy atom. The largest absolute Gasteiger partial charge is 0.491 e. The molecule has 2 rings (SSSR count). The van der Waals surface area contributed by atoms with E-state index >= 15 is 0 Å². The minimum absolute atomic E-state index is 0.133. The monoisotopic (exact) mass is 306 g/mol. The van der Waals surface area contributed by atoms with Crippen molar-refractivity contribution in [2.24, 2.45) is 0 Å². The Hall–Kier alpha value is -1.12. The highest BCUT2D eigenvalue weighted by Gasteiger charge is 2.14. The Morgan fingerprint density at radius 2 is 1.65 bits per heavy atom. The number of halogens is 1. The molecule has 0 aromatic heterocycles. The minimum atomic E-state index is -0.133. The van der Waals surface area contributed by atoms with Crippen LogP contribution in [-0.4, -0.2) is 12.4 Å². The molecule has 0 N–H and O–H groups in total. The van der Waals surface area contributed by atoms with Crippen molar-refractivity contribution in [1.82, 2.24) is 0 Å². The molecule has 0 fully saturated rings. The van der Waals surface area contributed by atoms with E-state index in [9.17, 15) is 0 Å². The Labute approximate surface area is 130 Å². The van der Waals surface area contributed by atoms with E-state index in [2.05, 4.69) is 18.4 Å². The van der Waals surface area contributed by atoms with E-state index in [1.165, 1.54) is 4.90 Å². The highest BCUT2D eigenvalue weighted by molar-refractivity contribution is 7.98. The van der Waals surface area contributed by atoms with Crippen LogP contribution in [0.25, 0.3) is 0 Å². The maximum absolute atomic E-state index is 6.62. The van der Waals surface area contributed by atoms with Crippen molar-refractivity contribution < 1.29 is 4.74 Å². The first-order valence-electron chi connectivity index (χ1n) is 6.65. The summed E-state index contributed by atoms with van der Waals surface area (Å²) in [5, 5.41) is -0.133. The van der Waals surface area contributed by atoms with Gasteiger partial charge in [-0.15, -0.1) is 23.4 Å². The summed E-state index contributed by atoms with van der Waals surface area (Å²) >= 11 is 8.34. The fourth-order valence-corrected chi connectivity index (χ4v) is 3.08. The number of thioether (sulfide) groups is 1. The van der Waals surface area contributed by atoms with E-state index in [4.69, 9.17) is 16.3 Å². The predicted octanol–water partition coefficient (Wildman–Crippen LogP) is 5.52. The highest BCUT2D eigenvalue weighted by Crippen LogP contribution is 2.35. The van der Waals surface area contributed by atoms with Gasteiger partial charge in [-0.25, -0.2) is 0 Å². The molecular weight excluding hydrogens is 288 g/mol. The quantitative estimate of drug-likeness (QED) is 0.531. The van der Waals surface area contributed by atoms with Gasteiger partial charge in [0.25, 0.3) is 0 Å². The number of alkyl halides is 1. The third-order valence-electron chi connectivity index (χ3n) is 2.96. The van der Waals surface area contributed by atoms with Gasteiger partial charge in [0, 0.05) is 4.90 Å². The summed E-state index contributed by atoms with van der Waals surface area (Å²) in [5.74, 6) is 0.880. The normalized spacial score (nSPS) is 12.4. The van der Waals surface area contributed by atoms with Crippen LogP contribution in [0.4, 0.5) is 0 Å². The van der Waals surface area contributed by atoms with Gasteiger partial charge < -0.3 is 4.74 Å². The molecule has 106 valence electrons. The summed E-state index contributed by atoms with van der Waals surface area (Å²) in [6, 6.07) is 16.3. The van der Waals surface area contributed by atoms with Crippen molar-refractivity contribution in [1.29, 1.82) is 0 Å². The molecule has 0 saturated carbocycles. The van der Waals surface area contributed by atoms with Crippen LogP contribution in [0, 0.1) is 0 Å². The Balaban J connectivity index is 2.22. The number of benzene rings is 2. The lowest BCUT2D eigenvalue weighted by molar-refractivity contribution is 0.242. The summed E-state index contributed by atoms with van der Waals surface area (Å²) in [6.45, 7) is 4.04. The summed E-state index contributed by atoms with van der Waals surface area (Å²) in [7, 11) is 0. The lowest BCUT2D eigenvalue weighted by Crippen LogP contribution is -2.05. The number of hydrogen-bond donors (Lipinski definition) is 0. The van der Waals surface area contributed by atoms with Gasteiger partial charge in [0.2, 0.25) is 0 Å². The maximum atomic E-state index is 6.62. The van der Waals surface area contributed by atoms with Crippen LogP contribution in [0.5, 0.6) is 5.75 Å². The third-order valence-corrected chi connectivity index (χ3v) is 4.26. The van der Waals surface area contributed by atoms with Crippen molar-refractivity contribution in [3.05, 3.63) is 59.7 Å². The zero-order chi connectivity index (χ0) is 14.5. The van der Waals surface area contributed by atoms with Crippen LogP contribution in [0.1, 0.15) is 30.4 Å². The molecule has 1 nitrogen and oxygen atoms in total. The number of ether oxygens (including phenoxy) is 1. The van der Waals surface area contributed by atoms with Gasteiger partial charge in [-0.1, -0.05) is 30.3 Å². The molecule has 1 atom stereocenters. The molecule has 0 bridgehead atoms. The molecule has 0 heterocycles. The van der Waals surface area contributed by atoms with Gasteiger partial charge in [0.15, 0.2) is 0 Å². The fourth-order valence-electron chi connectivity index (χ4n) is 2.04. The smallest absolute Gasteiger partial charge is 0.119 e. The van der Waals surface area contributed by atoms with Crippen LogP contribution < -0.4 is 4.74 Å². The maximum Gasteiger partial charge on any atom is 0.119 e. The van der Waals surface area contributed by atoms with Crippen molar-refractivity contribution >= 4 is 23.4 Å². The van der Waals surface area contributed by atoms with Crippen LogP contribution in [-0.2, 0) is 0 Å². The van der Waals surface area contributed by atoms with E-state index in [1.54, 1.807) is 11.8 Å². The van der Waals surface area contributed by atoms with Crippen molar-refractivity contribution in [2.45, 2.75) is 30.2 Å². The van der Waals surface area contributed by atoms with Gasteiger partial charge in [-0.05, 0) is 49.4 Å². The van der Waals surface area contributed by atoms with E-state index < -0.39 is 0 Å². The number of hydrogen-bond acceptors (Lipinski definition) is 2. The van der Waals surface area contributed by atoms with Crippen LogP contribution in [0.3, 0.4) is 0 Å². The molecule has 0 radical (unpaired) electrons. The summed E-state index contributed by atoms with van der Waals surface area (Å²) in [6.07, 6.45) is 2.26. The second kappa shape index (κ2) is 7.05. The number of rotatable bonds is 5. The fraction of sp³-hybridized carbons (Fsp3) is 0.294. The van der Waals surface area contributed by atoms with E-state index in [1.807, 2.05) is 50.2 Å². The van der Waals surface area contributed by atoms with Gasteiger partial charge in [0.05, 0.1) is 11.5 Å². The predicted molar refractivity (Wildman–Crippen MR) is 88.1 cm³/mol. The summed E-state index contributed by atoms with van der Waals surface area (Å²) < 4.78 is 5.65. The zero-order valence-electron chi connectivity index (χ0n) is 12.0. The van der Waals surface area contributed by atoms with Crippen LogP contribution in [0.2, 0.25) is 0 Å². The second-order valence-electron chi connectivity index (χ2n) is 4.84. The third kappa shape index (κ3) is 3.71. The molecule has 3 heteroatoms. The van der Waals surface area contributed by atoms with Crippen LogP contribution in [0.15, 0.2) is 53.4 Å². The Morgan fingerprint density at radius 3 is 2.25 bits per heavy atom. The van der Waals surface area contributed by atoms with Crippen molar-refractivity contribution in [3.63, 3.8) is 0 Å². The Kier molecular flexibility index (Phi) is 5.38.